The lowest BCUT2D eigenvalue weighted by atomic mass is 10.0. The number of hydrogen-bond donors (Lipinski definition) is 3. The second kappa shape index (κ2) is 6.54. The zero-order valence-electron chi connectivity index (χ0n) is 11.9. The Morgan fingerprint density at radius 3 is 2.76 bits per heavy atom. The summed E-state index contributed by atoms with van der Waals surface area (Å²) in [5, 5.41) is 13.1. The fraction of sp³-hybridized carbons (Fsp3) is 0.375. The standard InChI is InChI=1S/C16H20N4O/c21-16(15-3-1-2-9-17-15)18-11-12-4-6-13(7-5-12)14-8-10-19-20-14/h4-8,10,15,17H,1-3,9,11H2,(H,18,21)(H,19,20)/t15-/m0/s1. The average Bonchev–Trinajstić information content (AvgIpc) is 3.08. The van der Waals surface area contributed by atoms with Crippen molar-refractivity contribution in [2.24, 2.45) is 0 Å². The summed E-state index contributed by atoms with van der Waals surface area (Å²) in [4.78, 5) is 12.0. The molecule has 1 fully saturated rings. The van der Waals surface area contributed by atoms with Crippen LogP contribution in [0, 0.1) is 0 Å². The minimum absolute atomic E-state index is 0.0250. The fourth-order valence-electron chi connectivity index (χ4n) is 2.61. The highest BCUT2D eigenvalue weighted by atomic mass is 16.2. The molecule has 1 aromatic heterocycles. The van der Waals surface area contributed by atoms with Crippen molar-refractivity contribution in [3.05, 3.63) is 42.1 Å². The van der Waals surface area contributed by atoms with Crippen LogP contribution >= 0.6 is 0 Å². The number of nitrogens with one attached hydrogen (secondary N) is 3. The summed E-state index contributed by atoms with van der Waals surface area (Å²) < 4.78 is 0. The first-order valence-electron chi connectivity index (χ1n) is 7.43. The van der Waals surface area contributed by atoms with Gasteiger partial charge in [0, 0.05) is 12.7 Å². The van der Waals surface area contributed by atoms with Crippen molar-refractivity contribution in [3.8, 4) is 11.3 Å². The van der Waals surface area contributed by atoms with Crippen LogP contribution in [0.15, 0.2) is 36.5 Å². The highest BCUT2D eigenvalue weighted by Gasteiger charge is 2.19. The number of aromatic amines is 1. The van der Waals surface area contributed by atoms with E-state index in [1.54, 1.807) is 6.20 Å². The Bertz CT molecular complexity index is 571. The van der Waals surface area contributed by atoms with E-state index >= 15 is 0 Å². The quantitative estimate of drug-likeness (QED) is 0.802. The van der Waals surface area contributed by atoms with Crippen LogP contribution in [0.25, 0.3) is 11.3 Å². The summed E-state index contributed by atoms with van der Waals surface area (Å²) in [5.74, 6) is 0.104. The van der Waals surface area contributed by atoms with Gasteiger partial charge in [0.05, 0.1) is 11.7 Å². The number of H-pyrrole nitrogens is 1. The van der Waals surface area contributed by atoms with Gasteiger partial charge >= 0.3 is 0 Å². The topological polar surface area (TPSA) is 69.8 Å². The zero-order valence-corrected chi connectivity index (χ0v) is 11.9. The van der Waals surface area contributed by atoms with Crippen LogP contribution in [0.4, 0.5) is 0 Å². The predicted molar refractivity (Wildman–Crippen MR) is 81.5 cm³/mol. The van der Waals surface area contributed by atoms with Crippen LogP contribution in [-0.2, 0) is 11.3 Å². The molecule has 110 valence electrons. The lowest BCUT2D eigenvalue weighted by molar-refractivity contribution is -0.123. The summed E-state index contributed by atoms with van der Waals surface area (Å²) in [7, 11) is 0. The zero-order chi connectivity index (χ0) is 14.5. The molecule has 0 bridgehead atoms. The number of hydrogen-bond acceptors (Lipinski definition) is 3. The van der Waals surface area contributed by atoms with E-state index in [2.05, 4.69) is 20.8 Å². The Kier molecular flexibility index (Phi) is 4.31. The smallest absolute Gasteiger partial charge is 0.237 e. The van der Waals surface area contributed by atoms with E-state index in [0.717, 1.165) is 36.2 Å². The van der Waals surface area contributed by atoms with Crippen molar-refractivity contribution in [2.45, 2.75) is 31.8 Å². The number of nitrogens with zero attached hydrogens (tertiary/aromatic N) is 1. The van der Waals surface area contributed by atoms with Gasteiger partial charge < -0.3 is 10.6 Å². The van der Waals surface area contributed by atoms with Crippen LogP contribution in [0.5, 0.6) is 0 Å². The Labute approximate surface area is 124 Å². The molecule has 2 heterocycles. The fourth-order valence-corrected chi connectivity index (χ4v) is 2.61. The number of carbonyl (C=O) groups excluding carboxylic acids is 1. The highest BCUT2D eigenvalue weighted by molar-refractivity contribution is 5.81. The molecule has 0 saturated carbocycles. The molecule has 0 spiro atoms. The monoisotopic (exact) mass is 284 g/mol. The second-order valence-corrected chi connectivity index (χ2v) is 5.39. The third kappa shape index (κ3) is 3.49. The highest BCUT2D eigenvalue weighted by Crippen LogP contribution is 2.16. The van der Waals surface area contributed by atoms with Crippen molar-refractivity contribution in [3.63, 3.8) is 0 Å². The molecule has 3 N–H and O–H groups in total. The number of piperidine rings is 1. The van der Waals surface area contributed by atoms with E-state index < -0.39 is 0 Å². The van der Waals surface area contributed by atoms with Crippen LogP contribution < -0.4 is 10.6 Å². The van der Waals surface area contributed by atoms with Gasteiger partial charge in [-0.2, -0.15) is 5.10 Å². The number of aromatic nitrogens is 2. The van der Waals surface area contributed by atoms with Crippen molar-refractivity contribution >= 4 is 5.91 Å². The predicted octanol–water partition coefficient (Wildman–Crippen LogP) is 1.83. The number of amides is 1. The molecule has 5 heteroatoms. The third-order valence-electron chi connectivity index (χ3n) is 3.86. The summed E-state index contributed by atoms with van der Waals surface area (Å²) in [6.07, 6.45) is 4.97. The van der Waals surface area contributed by atoms with Gasteiger partial charge in [0.25, 0.3) is 0 Å². The van der Waals surface area contributed by atoms with Gasteiger partial charge in [-0.15, -0.1) is 0 Å². The minimum atomic E-state index is -0.0250. The summed E-state index contributed by atoms with van der Waals surface area (Å²) in [6.45, 7) is 1.51. The van der Waals surface area contributed by atoms with Crippen LogP contribution in [0.3, 0.4) is 0 Å². The van der Waals surface area contributed by atoms with Crippen LogP contribution in [-0.4, -0.2) is 28.7 Å². The molecular weight excluding hydrogens is 264 g/mol. The minimum Gasteiger partial charge on any atom is -0.351 e. The molecule has 21 heavy (non-hydrogen) atoms. The largest absolute Gasteiger partial charge is 0.351 e. The maximum Gasteiger partial charge on any atom is 0.237 e. The SMILES string of the molecule is O=C(NCc1ccc(-c2ccn[nH]2)cc1)[C@@H]1CCCCN1. The van der Waals surface area contributed by atoms with E-state index in [-0.39, 0.29) is 11.9 Å². The molecule has 1 saturated heterocycles. The third-order valence-corrected chi connectivity index (χ3v) is 3.86. The van der Waals surface area contributed by atoms with Crippen molar-refractivity contribution < 1.29 is 4.79 Å². The molecule has 5 nitrogen and oxygen atoms in total. The maximum absolute atomic E-state index is 12.0. The molecule has 0 radical (unpaired) electrons. The van der Waals surface area contributed by atoms with Gasteiger partial charge in [0.1, 0.15) is 0 Å². The molecule has 2 aromatic rings. The van der Waals surface area contributed by atoms with E-state index in [1.807, 2.05) is 30.3 Å². The Hall–Kier alpha value is -2.14. The second-order valence-electron chi connectivity index (χ2n) is 5.39. The van der Waals surface area contributed by atoms with Crippen molar-refractivity contribution in [1.82, 2.24) is 20.8 Å². The first-order valence-corrected chi connectivity index (χ1v) is 7.43. The van der Waals surface area contributed by atoms with E-state index in [0.29, 0.717) is 6.54 Å². The first kappa shape index (κ1) is 13.8. The van der Waals surface area contributed by atoms with E-state index in [1.165, 1.54) is 6.42 Å². The summed E-state index contributed by atoms with van der Waals surface area (Å²) >= 11 is 0. The molecule has 1 amide bonds. The van der Waals surface area contributed by atoms with Gasteiger partial charge in [0.2, 0.25) is 5.91 Å². The molecule has 0 aliphatic carbocycles. The Morgan fingerprint density at radius 1 is 1.24 bits per heavy atom. The van der Waals surface area contributed by atoms with E-state index in [9.17, 15) is 4.79 Å². The lowest BCUT2D eigenvalue weighted by Gasteiger charge is -2.22. The van der Waals surface area contributed by atoms with Gasteiger partial charge in [0.15, 0.2) is 0 Å². The molecule has 1 aromatic carbocycles. The molecule has 1 atom stereocenters. The van der Waals surface area contributed by atoms with Gasteiger partial charge in [-0.25, -0.2) is 0 Å². The van der Waals surface area contributed by atoms with Gasteiger partial charge in [-0.05, 0) is 36.6 Å². The van der Waals surface area contributed by atoms with Crippen LogP contribution in [0.1, 0.15) is 24.8 Å². The molecular formula is C16H20N4O. The molecule has 1 aliphatic heterocycles. The number of carbonyl (C=O) groups is 1. The first-order chi connectivity index (χ1) is 10.3. The summed E-state index contributed by atoms with van der Waals surface area (Å²) in [5.41, 5.74) is 3.19. The van der Waals surface area contributed by atoms with Gasteiger partial charge in [-0.1, -0.05) is 30.7 Å². The lowest BCUT2D eigenvalue weighted by Crippen LogP contribution is -2.46. The summed E-state index contributed by atoms with van der Waals surface area (Å²) in [6, 6.07) is 10.0. The normalized spacial score (nSPS) is 18.4. The van der Waals surface area contributed by atoms with Gasteiger partial charge in [-0.3, -0.25) is 9.89 Å². The number of benzene rings is 1. The van der Waals surface area contributed by atoms with E-state index in [4.69, 9.17) is 0 Å². The molecule has 3 rings (SSSR count). The molecule has 1 aliphatic rings. The van der Waals surface area contributed by atoms with Crippen molar-refractivity contribution in [1.29, 1.82) is 0 Å². The van der Waals surface area contributed by atoms with Crippen molar-refractivity contribution in [2.75, 3.05) is 6.54 Å². The average molecular weight is 284 g/mol. The van der Waals surface area contributed by atoms with Crippen LogP contribution in [0.2, 0.25) is 0 Å². The maximum atomic E-state index is 12.0. The molecule has 0 unspecified atom stereocenters. The Morgan fingerprint density at radius 2 is 2.10 bits per heavy atom. The number of rotatable bonds is 4. The Balaban J connectivity index is 1.54.